The van der Waals surface area contributed by atoms with Crippen LogP contribution >= 0.6 is 12.4 Å². The molecule has 0 rings (SSSR count). The third-order valence-electron chi connectivity index (χ3n) is 2.81. The van der Waals surface area contributed by atoms with Crippen LogP contribution in [0.1, 0.15) is 40.5 Å². The second kappa shape index (κ2) is 8.79. The minimum atomic E-state index is -0.395. The number of hydrogen-bond acceptors (Lipinski definition) is 3. The van der Waals surface area contributed by atoms with E-state index in [1.807, 2.05) is 20.8 Å². The van der Waals surface area contributed by atoms with Crippen molar-refractivity contribution in [3.8, 4) is 0 Å². The maximum Gasteiger partial charge on any atom is 0.248 e. The molecule has 98 valence electrons. The Morgan fingerprint density at radius 3 is 2.25 bits per heavy atom. The molecule has 1 atom stereocenters. The summed E-state index contributed by atoms with van der Waals surface area (Å²) in [6, 6.07) is 0. The van der Waals surface area contributed by atoms with Gasteiger partial charge in [0.05, 0.1) is 0 Å². The first-order valence-electron chi connectivity index (χ1n) is 5.67. The number of nitrogens with one attached hydrogen (secondary N) is 1. The van der Waals surface area contributed by atoms with E-state index < -0.39 is 6.10 Å². The minimum absolute atomic E-state index is 0. The Balaban J connectivity index is 0. The molecule has 1 amide bonds. The number of halogens is 1. The molecule has 0 aliphatic heterocycles. The van der Waals surface area contributed by atoms with Crippen molar-refractivity contribution in [2.75, 3.05) is 13.2 Å². The van der Waals surface area contributed by atoms with Crippen LogP contribution in [-0.4, -0.2) is 30.7 Å². The van der Waals surface area contributed by atoms with Crippen molar-refractivity contribution in [2.24, 2.45) is 5.73 Å². The summed E-state index contributed by atoms with van der Waals surface area (Å²) in [6.45, 7) is 8.73. The zero-order valence-electron chi connectivity index (χ0n) is 10.7. The summed E-state index contributed by atoms with van der Waals surface area (Å²) in [5.74, 6) is -0.0893. The van der Waals surface area contributed by atoms with Crippen LogP contribution in [0.25, 0.3) is 0 Å². The van der Waals surface area contributed by atoms with Gasteiger partial charge in [0.25, 0.3) is 0 Å². The monoisotopic (exact) mass is 252 g/mol. The molecule has 0 aromatic carbocycles. The summed E-state index contributed by atoms with van der Waals surface area (Å²) >= 11 is 0. The van der Waals surface area contributed by atoms with Gasteiger partial charge < -0.3 is 15.8 Å². The molecule has 0 saturated carbocycles. The van der Waals surface area contributed by atoms with Gasteiger partial charge in [-0.25, -0.2) is 0 Å². The lowest BCUT2D eigenvalue weighted by molar-refractivity contribution is -0.131. The average Bonchev–Trinajstić information content (AvgIpc) is 2.25. The standard InChI is InChI=1S/C11H24N2O2.ClH/c1-5-11(12,6-2)8-13-10(14)9(4)15-7-3;/h9H,5-8,12H2,1-4H3,(H,13,14);1H. The van der Waals surface area contributed by atoms with Crippen molar-refractivity contribution in [3.05, 3.63) is 0 Å². The van der Waals surface area contributed by atoms with Crippen molar-refractivity contribution >= 4 is 18.3 Å². The van der Waals surface area contributed by atoms with Gasteiger partial charge >= 0.3 is 0 Å². The Bertz CT molecular complexity index is 196. The summed E-state index contributed by atoms with van der Waals surface area (Å²) in [5.41, 5.74) is 5.77. The summed E-state index contributed by atoms with van der Waals surface area (Å²) in [6.07, 6.45) is 1.31. The van der Waals surface area contributed by atoms with Crippen LogP contribution in [0, 0.1) is 0 Å². The maximum atomic E-state index is 11.5. The first-order valence-corrected chi connectivity index (χ1v) is 5.67. The number of carbonyl (C=O) groups excluding carboxylic acids is 1. The second-order valence-corrected chi connectivity index (χ2v) is 3.88. The topological polar surface area (TPSA) is 64.3 Å². The molecule has 0 aromatic heterocycles. The second-order valence-electron chi connectivity index (χ2n) is 3.88. The van der Waals surface area contributed by atoms with Gasteiger partial charge in [-0.2, -0.15) is 0 Å². The van der Waals surface area contributed by atoms with E-state index in [-0.39, 0.29) is 23.9 Å². The van der Waals surface area contributed by atoms with Crippen LogP contribution in [0.15, 0.2) is 0 Å². The van der Waals surface area contributed by atoms with E-state index in [4.69, 9.17) is 10.5 Å². The van der Waals surface area contributed by atoms with Gasteiger partial charge in [0.1, 0.15) is 6.10 Å². The predicted octanol–water partition coefficient (Wildman–Crippen LogP) is 1.47. The largest absolute Gasteiger partial charge is 0.369 e. The SMILES string of the molecule is CCOC(C)C(=O)NCC(N)(CC)CC.Cl. The van der Waals surface area contributed by atoms with E-state index in [0.29, 0.717) is 13.2 Å². The van der Waals surface area contributed by atoms with Crippen LogP contribution in [0.3, 0.4) is 0 Å². The van der Waals surface area contributed by atoms with Crippen molar-refractivity contribution in [3.63, 3.8) is 0 Å². The van der Waals surface area contributed by atoms with Gasteiger partial charge in [-0.3, -0.25) is 4.79 Å². The molecular formula is C11H25ClN2O2. The molecule has 3 N–H and O–H groups in total. The van der Waals surface area contributed by atoms with Crippen LogP contribution in [0.2, 0.25) is 0 Å². The quantitative estimate of drug-likeness (QED) is 0.721. The molecule has 0 saturated heterocycles. The average molecular weight is 253 g/mol. The summed E-state index contributed by atoms with van der Waals surface area (Å²) < 4.78 is 5.18. The van der Waals surface area contributed by atoms with Gasteiger partial charge in [-0.15, -0.1) is 12.4 Å². The van der Waals surface area contributed by atoms with Gasteiger partial charge in [0, 0.05) is 18.7 Å². The Hall–Kier alpha value is -0.320. The van der Waals surface area contributed by atoms with Crippen molar-refractivity contribution in [1.82, 2.24) is 5.32 Å². The van der Waals surface area contributed by atoms with Crippen molar-refractivity contribution < 1.29 is 9.53 Å². The molecule has 0 fully saturated rings. The number of rotatable bonds is 7. The Morgan fingerprint density at radius 2 is 1.88 bits per heavy atom. The van der Waals surface area contributed by atoms with E-state index in [1.165, 1.54) is 0 Å². The zero-order chi connectivity index (χ0) is 11.9. The third-order valence-corrected chi connectivity index (χ3v) is 2.81. The number of amides is 1. The van der Waals surface area contributed by atoms with E-state index >= 15 is 0 Å². The molecule has 1 unspecified atom stereocenters. The lowest BCUT2D eigenvalue weighted by Crippen LogP contribution is -2.51. The van der Waals surface area contributed by atoms with Crippen LogP contribution in [0.4, 0.5) is 0 Å². The summed E-state index contributed by atoms with van der Waals surface area (Å²) in [7, 11) is 0. The molecule has 5 heteroatoms. The molecule has 0 heterocycles. The van der Waals surface area contributed by atoms with Gasteiger partial charge in [0.2, 0.25) is 5.91 Å². The molecule has 4 nitrogen and oxygen atoms in total. The van der Waals surface area contributed by atoms with E-state index in [0.717, 1.165) is 12.8 Å². The minimum Gasteiger partial charge on any atom is -0.369 e. The fourth-order valence-electron chi connectivity index (χ4n) is 1.23. The highest BCUT2D eigenvalue weighted by molar-refractivity contribution is 5.85. The molecule has 0 radical (unpaired) electrons. The van der Waals surface area contributed by atoms with Crippen molar-refractivity contribution in [2.45, 2.75) is 52.2 Å². The van der Waals surface area contributed by atoms with Gasteiger partial charge in [-0.1, -0.05) is 13.8 Å². The summed E-state index contributed by atoms with van der Waals surface area (Å²) in [4.78, 5) is 11.5. The van der Waals surface area contributed by atoms with Crippen LogP contribution in [0.5, 0.6) is 0 Å². The van der Waals surface area contributed by atoms with Gasteiger partial charge in [-0.05, 0) is 26.7 Å². The van der Waals surface area contributed by atoms with E-state index in [1.54, 1.807) is 6.92 Å². The predicted molar refractivity (Wildman–Crippen MR) is 68.8 cm³/mol. The highest BCUT2D eigenvalue weighted by Gasteiger charge is 2.22. The smallest absolute Gasteiger partial charge is 0.248 e. The lowest BCUT2D eigenvalue weighted by atomic mass is 9.94. The highest BCUT2D eigenvalue weighted by Crippen LogP contribution is 2.09. The van der Waals surface area contributed by atoms with Crippen LogP contribution in [-0.2, 0) is 9.53 Å². The normalized spacial score (nSPS) is 12.8. The summed E-state index contributed by atoms with van der Waals surface area (Å²) in [5, 5.41) is 2.82. The maximum absolute atomic E-state index is 11.5. The Kier molecular flexibility index (Phi) is 9.92. The number of nitrogens with two attached hydrogens (primary N) is 1. The molecule has 0 aromatic rings. The van der Waals surface area contributed by atoms with Gasteiger partial charge in [0.15, 0.2) is 0 Å². The zero-order valence-corrected chi connectivity index (χ0v) is 11.5. The molecule has 16 heavy (non-hydrogen) atoms. The fourth-order valence-corrected chi connectivity index (χ4v) is 1.23. The van der Waals surface area contributed by atoms with E-state index in [9.17, 15) is 4.79 Å². The molecule has 0 aliphatic rings. The number of carbonyl (C=O) groups is 1. The fraction of sp³-hybridized carbons (Fsp3) is 0.909. The third kappa shape index (κ3) is 6.30. The molecule has 0 aliphatic carbocycles. The highest BCUT2D eigenvalue weighted by atomic mass is 35.5. The molecular weight excluding hydrogens is 228 g/mol. The molecule has 0 bridgehead atoms. The first kappa shape index (κ1) is 18.1. The number of ether oxygens (including phenoxy) is 1. The van der Waals surface area contributed by atoms with E-state index in [2.05, 4.69) is 5.32 Å². The molecule has 0 spiro atoms. The Morgan fingerprint density at radius 1 is 1.38 bits per heavy atom. The van der Waals surface area contributed by atoms with Crippen LogP contribution < -0.4 is 11.1 Å². The number of hydrogen-bond donors (Lipinski definition) is 2. The van der Waals surface area contributed by atoms with Crippen molar-refractivity contribution in [1.29, 1.82) is 0 Å². The lowest BCUT2D eigenvalue weighted by Gasteiger charge is -2.27. The Labute approximate surface area is 105 Å². The first-order chi connectivity index (χ1) is 6.99.